The van der Waals surface area contributed by atoms with E-state index >= 15 is 0 Å². The SMILES string of the molecule is COc1ccc(-c2cc(-c3ccc(OC)cc3)cc(C(C)C)c2)cc1. The highest BCUT2D eigenvalue weighted by Gasteiger charge is 2.08. The summed E-state index contributed by atoms with van der Waals surface area (Å²) in [5.41, 5.74) is 6.16. The maximum atomic E-state index is 5.27. The quantitative estimate of drug-likeness (QED) is 0.557. The minimum Gasteiger partial charge on any atom is -0.497 e. The Hall–Kier alpha value is -2.74. The molecule has 128 valence electrons. The molecule has 0 unspecified atom stereocenters. The highest BCUT2D eigenvalue weighted by atomic mass is 16.5. The van der Waals surface area contributed by atoms with Gasteiger partial charge in [-0.05, 0) is 64.1 Å². The molecule has 0 saturated heterocycles. The monoisotopic (exact) mass is 332 g/mol. The van der Waals surface area contributed by atoms with E-state index in [4.69, 9.17) is 9.47 Å². The highest BCUT2D eigenvalue weighted by molar-refractivity contribution is 5.75. The van der Waals surface area contributed by atoms with Crippen LogP contribution in [0.5, 0.6) is 11.5 Å². The van der Waals surface area contributed by atoms with Gasteiger partial charge in [0.25, 0.3) is 0 Å². The molecule has 0 aliphatic rings. The fourth-order valence-electron chi connectivity index (χ4n) is 2.89. The van der Waals surface area contributed by atoms with Gasteiger partial charge in [-0.1, -0.05) is 50.2 Å². The van der Waals surface area contributed by atoms with Crippen molar-refractivity contribution in [3.05, 3.63) is 72.3 Å². The van der Waals surface area contributed by atoms with Crippen LogP contribution in [0.25, 0.3) is 22.3 Å². The zero-order chi connectivity index (χ0) is 17.8. The summed E-state index contributed by atoms with van der Waals surface area (Å²) >= 11 is 0. The van der Waals surface area contributed by atoms with E-state index in [-0.39, 0.29) is 0 Å². The van der Waals surface area contributed by atoms with Crippen LogP contribution in [0, 0.1) is 0 Å². The maximum Gasteiger partial charge on any atom is 0.118 e. The molecule has 25 heavy (non-hydrogen) atoms. The lowest BCUT2D eigenvalue weighted by atomic mass is 9.92. The molecular formula is C23H24O2. The topological polar surface area (TPSA) is 18.5 Å². The van der Waals surface area contributed by atoms with Crippen molar-refractivity contribution in [2.24, 2.45) is 0 Å². The van der Waals surface area contributed by atoms with Gasteiger partial charge in [-0.25, -0.2) is 0 Å². The van der Waals surface area contributed by atoms with Gasteiger partial charge in [0.1, 0.15) is 11.5 Å². The van der Waals surface area contributed by atoms with Crippen LogP contribution in [0.4, 0.5) is 0 Å². The van der Waals surface area contributed by atoms with Crippen molar-refractivity contribution in [3.8, 4) is 33.8 Å². The van der Waals surface area contributed by atoms with E-state index in [0.29, 0.717) is 5.92 Å². The van der Waals surface area contributed by atoms with Crippen molar-refractivity contribution < 1.29 is 9.47 Å². The Balaban J connectivity index is 2.07. The van der Waals surface area contributed by atoms with Crippen molar-refractivity contribution in [3.63, 3.8) is 0 Å². The van der Waals surface area contributed by atoms with E-state index in [0.717, 1.165) is 11.5 Å². The van der Waals surface area contributed by atoms with Crippen LogP contribution in [-0.2, 0) is 0 Å². The summed E-state index contributed by atoms with van der Waals surface area (Å²) in [5.74, 6) is 2.22. The molecule has 0 amide bonds. The Morgan fingerprint density at radius 2 is 0.960 bits per heavy atom. The largest absolute Gasteiger partial charge is 0.497 e. The zero-order valence-corrected chi connectivity index (χ0v) is 15.2. The van der Waals surface area contributed by atoms with Crippen LogP contribution in [0.1, 0.15) is 25.3 Å². The minimum absolute atomic E-state index is 0.468. The summed E-state index contributed by atoms with van der Waals surface area (Å²) in [6.07, 6.45) is 0. The molecule has 0 saturated carbocycles. The molecule has 0 spiro atoms. The lowest BCUT2D eigenvalue weighted by Gasteiger charge is -2.13. The van der Waals surface area contributed by atoms with E-state index in [2.05, 4.69) is 56.3 Å². The second kappa shape index (κ2) is 7.43. The average Bonchev–Trinajstić information content (AvgIpc) is 2.67. The molecule has 2 heteroatoms. The van der Waals surface area contributed by atoms with Gasteiger partial charge >= 0.3 is 0 Å². The summed E-state index contributed by atoms with van der Waals surface area (Å²) < 4.78 is 10.5. The molecule has 0 aliphatic carbocycles. The Kier molecular flexibility index (Phi) is 5.08. The van der Waals surface area contributed by atoms with Crippen molar-refractivity contribution in [2.45, 2.75) is 19.8 Å². The fourth-order valence-corrected chi connectivity index (χ4v) is 2.89. The van der Waals surface area contributed by atoms with Crippen molar-refractivity contribution in [2.75, 3.05) is 14.2 Å². The Morgan fingerprint density at radius 3 is 1.28 bits per heavy atom. The third-order valence-corrected chi connectivity index (χ3v) is 4.47. The van der Waals surface area contributed by atoms with Gasteiger partial charge in [0, 0.05) is 0 Å². The molecule has 0 aliphatic heterocycles. The Labute approximate surface area is 150 Å². The van der Waals surface area contributed by atoms with E-state index in [1.54, 1.807) is 14.2 Å². The van der Waals surface area contributed by atoms with Gasteiger partial charge in [-0.3, -0.25) is 0 Å². The van der Waals surface area contributed by atoms with Gasteiger partial charge in [0.2, 0.25) is 0 Å². The Bertz CT molecular complexity index is 765. The van der Waals surface area contributed by atoms with Gasteiger partial charge in [0.05, 0.1) is 14.2 Å². The Morgan fingerprint density at radius 1 is 0.560 bits per heavy atom. The predicted octanol–water partition coefficient (Wildman–Crippen LogP) is 6.16. The molecule has 0 radical (unpaired) electrons. The summed E-state index contributed by atoms with van der Waals surface area (Å²) in [6, 6.07) is 23.2. The molecular weight excluding hydrogens is 308 g/mol. The maximum absolute atomic E-state index is 5.27. The van der Waals surface area contributed by atoms with E-state index in [1.165, 1.54) is 27.8 Å². The molecule has 3 aromatic rings. The van der Waals surface area contributed by atoms with E-state index < -0.39 is 0 Å². The molecule has 2 nitrogen and oxygen atoms in total. The summed E-state index contributed by atoms with van der Waals surface area (Å²) in [7, 11) is 3.38. The third-order valence-electron chi connectivity index (χ3n) is 4.47. The number of ether oxygens (including phenoxy) is 2. The molecule has 0 heterocycles. The molecule has 0 aromatic heterocycles. The molecule has 0 N–H and O–H groups in total. The molecule has 0 bridgehead atoms. The first-order valence-corrected chi connectivity index (χ1v) is 8.54. The smallest absolute Gasteiger partial charge is 0.118 e. The molecule has 3 aromatic carbocycles. The third kappa shape index (κ3) is 3.85. The van der Waals surface area contributed by atoms with Crippen LogP contribution >= 0.6 is 0 Å². The second-order valence-electron chi connectivity index (χ2n) is 6.46. The number of benzene rings is 3. The van der Waals surface area contributed by atoms with Crippen LogP contribution < -0.4 is 9.47 Å². The minimum atomic E-state index is 0.468. The van der Waals surface area contributed by atoms with Crippen molar-refractivity contribution >= 4 is 0 Å². The summed E-state index contributed by atoms with van der Waals surface area (Å²) in [6.45, 7) is 4.45. The van der Waals surface area contributed by atoms with E-state index in [1.807, 2.05) is 24.3 Å². The van der Waals surface area contributed by atoms with Gasteiger partial charge < -0.3 is 9.47 Å². The second-order valence-corrected chi connectivity index (χ2v) is 6.46. The van der Waals surface area contributed by atoms with E-state index in [9.17, 15) is 0 Å². The first kappa shape index (κ1) is 17.1. The molecule has 0 fully saturated rings. The summed E-state index contributed by atoms with van der Waals surface area (Å²) in [5, 5.41) is 0. The number of rotatable bonds is 5. The summed E-state index contributed by atoms with van der Waals surface area (Å²) in [4.78, 5) is 0. The molecule has 0 atom stereocenters. The lowest BCUT2D eigenvalue weighted by Crippen LogP contribution is -1.91. The van der Waals surface area contributed by atoms with Crippen molar-refractivity contribution in [1.82, 2.24) is 0 Å². The fraction of sp³-hybridized carbons (Fsp3) is 0.217. The zero-order valence-electron chi connectivity index (χ0n) is 15.2. The van der Waals surface area contributed by atoms with Crippen molar-refractivity contribution in [1.29, 1.82) is 0 Å². The van der Waals surface area contributed by atoms with Gasteiger partial charge in [-0.15, -0.1) is 0 Å². The van der Waals surface area contributed by atoms with Gasteiger partial charge in [0.15, 0.2) is 0 Å². The van der Waals surface area contributed by atoms with Crippen LogP contribution in [0.15, 0.2) is 66.7 Å². The van der Waals surface area contributed by atoms with Crippen LogP contribution in [0.2, 0.25) is 0 Å². The highest BCUT2D eigenvalue weighted by Crippen LogP contribution is 2.32. The molecule has 3 rings (SSSR count). The first-order valence-electron chi connectivity index (χ1n) is 8.54. The standard InChI is InChI=1S/C23H24O2/c1-16(2)19-13-20(17-5-9-22(24-3)10-6-17)15-21(14-19)18-7-11-23(25-4)12-8-18/h5-16H,1-4H3. The number of methoxy groups -OCH3 is 2. The number of hydrogen-bond acceptors (Lipinski definition) is 2. The lowest BCUT2D eigenvalue weighted by molar-refractivity contribution is 0.415. The number of hydrogen-bond donors (Lipinski definition) is 0. The van der Waals surface area contributed by atoms with Gasteiger partial charge in [-0.2, -0.15) is 0 Å². The average molecular weight is 332 g/mol. The van der Waals surface area contributed by atoms with Crippen LogP contribution in [-0.4, -0.2) is 14.2 Å². The predicted molar refractivity (Wildman–Crippen MR) is 105 cm³/mol. The van der Waals surface area contributed by atoms with Crippen LogP contribution in [0.3, 0.4) is 0 Å². The first-order chi connectivity index (χ1) is 12.1. The normalized spacial score (nSPS) is 10.8.